The molecule has 2 unspecified atom stereocenters. The summed E-state index contributed by atoms with van der Waals surface area (Å²) in [7, 11) is 0. The first-order valence-corrected chi connectivity index (χ1v) is 6.24. The molecule has 0 aliphatic carbocycles. The first-order chi connectivity index (χ1) is 9.65. The van der Waals surface area contributed by atoms with Crippen molar-refractivity contribution in [3.8, 4) is 11.5 Å². The Morgan fingerprint density at radius 1 is 1.10 bits per heavy atom. The van der Waals surface area contributed by atoms with Crippen LogP contribution >= 0.6 is 0 Å². The molecule has 3 rings (SSSR count). The number of hydrogen-bond acceptors (Lipinski definition) is 3. The van der Waals surface area contributed by atoms with Gasteiger partial charge in [0.2, 0.25) is 0 Å². The highest BCUT2D eigenvalue weighted by Gasteiger charge is 2.29. The molecule has 0 spiro atoms. The van der Waals surface area contributed by atoms with Crippen molar-refractivity contribution in [2.75, 3.05) is 6.61 Å². The fraction of sp³-hybridized carbons (Fsp3) is 0.200. The maximum atomic E-state index is 13.7. The topological polar surface area (TPSA) is 44.5 Å². The number of ether oxygens (including phenoxy) is 2. The van der Waals surface area contributed by atoms with Crippen LogP contribution in [0.25, 0.3) is 0 Å². The first-order valence-electron chi connectivity index (χ1n) is 6.24. The summed E-state index contributed by atoms with van der Waals surface area (Å²) in [5.74, 6) is -0.109. The van der Waals surface area contributed by atoms with Crippen molar-refractivity contribution in [1.29, 1.82) is 0 Å². The molecule has 0 radical (unpaired) electrons. The van der Waals surface area contributed by atoms with Gasteiger partial charge in [0.05, 0.1) is 6.04 Å². The number of para-hydroxylation sites is 2. The Labute approximate surface area is 114 Å². The van der Waals surface area contributed by atoms with E-state index in [9.17, 15) is 8.78 Å². The molecule has 20 heavy (non-hydrogen) atoms. The van der Waals surface area contributed by atoms with Crippen molar-refractivity contribution in [3.05, 3.63) is 59.7 Å². The number of hydrogen-bond donors (Lipinski definition) is 1. The van der Waals surface area contributed by atoms with Gasteiger partial charge in [0.1, 0.15) is 18.2 Å². The first kappa shape index (κ1) is 12.9. The summed E-state index contributed by atoms with van der Waals surface area (Å²) in [4.78, 5) is 0. The number of halogens is 2. The summed E-state index contributed by atoms with van der Waals surface area (Å²) < 4.78 is 37.9. The van der Waals surface area contributed by atoms with E-state index in [1.54, 1.807) is 12.1 Å². The summed E-state index contributed by atoms with van der Waals surface area (Å²) in [6, 6.07) is 9.78. The van der Waals surface area contributed by atoms with Gasteiger partial charge in [-0.1, -0.05) is 18.2 Å². The minimum atomic E-state index is -0.732. The molecule has 2 aromatic carbocycles. The van der Waals surface area contributed by atoms with E-state index in [4.69, 9.17) is 15.2 Å². The normalized spacial score (nSPS) is 18.6. The maximum absolute atomic E-state index is 13.7. The molecular formula is C15H13F2NO2. The highest BCUT2D eigenvalue weighted by atomic mass is 19.1. The largest absolute Gasteiger partial charge is 0.486 e. The number of fused-ring (bicyclic) bond motifs is 1. The number of benzene rings is 2. The van der Waals surface area contributed by atoms with Gasteiger partial charge in [-0.05, 0) is 18.2 Å². The summed E-state index contributed by atoms with van der Waals surface area (Å²) in [5, 5.41) is 0. The zero-order valence-corrected chi connectivity index (χ0v) is 10.6. The second-order valence-corrected chi connectivity index (χ2v) is 4.61. The molecule has 104 valence electrons. The molecule has 1 heterocycles. The highest BCUT2D eigenvalue weighted by molar-refractivity contribution is 5.41. The standard InChI is InChI=1S/C15H13F2NO2/c16-9-5-6-10(11(17)7-9)15(18)14-8-19-12-3-1-2-4-13(12)20-14/h1-7,14-15H,8,18H2. The van der Waals surface area contributed by atoms with Gasteiger partial charge in [-0.3, -0.25) is 0 Å². The van der Waals surface area contributed by atoms with Crippen molar-refractivity contribution in [1.82, 2.24) is 0 Å². The van der Waals surface area contributed by atoms with Crippen molar-refractivity contribution < 1.29 is 18.3 Å². The number of rotatable bonds is 2. The molecule has 0 saturated heterocycles. The zero-order chi connectivity index (χ0) is 14.1. The van der Waals surface area contributed by atoms with Gasteiger partial charge in [-0.25, -0.2) is 8.78 Å². The van der Waals surface area contributed by atoms with Crippen molar-refractivity contribution >= 4 is 0 Å². The molecule has 2 aromatic rings. The van der Waals surface area contributed by atoms with Crippen LogP contribution in [0, 0.1) is 11.6 Å². The van der Waals surface area contributed by atoms with Crippen LogP contribution in [-0.2, 0) is 0 Å². The van der Waals surface area contributed by atoms with Crippen LogP contribution in [0.5, 0.6) is 11.5 Å². The monoisotopic (exact) mass is 277 g/mol. The average molecular weight is 277 g/mol. The fourth-order valence-corrected chi connectivity index (χ4v) is 2.18. The van der Waals surface area contributed by atoms with Crippen LogP contribution in [0.1, 0.15) is 11.6 Å². The summed E-state index contributed by atoms with van der Waals surface area (Å²) >= 11 is 0. The molecular weight excluding hydrogens is 264 g/mol. The second kappa shape index (κ2) is 5.09. The lowest BCUT2D eigenvalue weighted by Crippen LogP contribution is -2.39. The fourth-order valence-electron chi connectivity index (χ4n) is 2.18. The van der Waals surface area contributed by atoms with Crippen LogP contribution in [-0.4, -0.2) is 12.7 Å². The van der Waals surface area contributed by atoms with Crippen molar-refractivity contribution in [3.63, 3.8) is 0 Å². The molecule has 2 N–H and O–H groups in total. The maximum Gasteiger partial charge on any atom is 0.161 e. The Kier molecular flexibility index (Phi) is 3.28. The quantitative estimate of drug-likeness (QED) is 0.918. The van der Waals surface area contributed by atoms with Gasteiger partial charge >= 0.3 is 0 Å². The minimum absolute atomic E-state index is 0.208. The SMILES string of the molecule is NC(c1ccc(F)cc1F)C1COc2ccccc2O1. The Bertz CT molecular complexity index is 633. The van der Waals surface area contributed by atoms with Crippen molar-refractivity contribution in [2.24, 2.45) is 5.73 Å². The minimum Gasteiger partial charge on any atom is -0.486 e. The van der Waals surface area contributed by atoms with Gasteiger partial charge in [-0.15, -0.1) is 0 Å². The molecule has 0 fully saturated rings. The van der Waals surface area contributed by atoms with E-state index < -0.39 is 23.8 Å². The van der Waals surface area contributed by atoms with Gasteiger partial charge in [-0.2, -0.15) is 0 Å². The third-order valence-corrected chi connectivity index (χ3v) is 3.25. The average Bonchev–Trinajstić information content (AvgIpc) is 2.46. The van der Waals surface area contributed by atoms with Crippen molar-refractivity contribution in [2.45, 2.75) is 12.1 Å². The smallest absolute Gasteiger partial charge is 0.161 e. The lowest BCUT2D eigenvalue weighted by atomic mass is 10.0. The lowest BCUT2D eigenvalue weighted by molar-refractivity contribution is 0.0712. The predicted octanol–water partition coefficient (Wildman–Crippen LogP) is 2.80. The Balaban J connectivity index is 1.84. The van der Waals surface area contributed by atoms with Gasteiger partial charge < -0.3 is 15.2 Å². The zero-order valence-electron chi connectivity index (χ0n) is 10.6. The Hall–Kier alpha value is -2.14. The van der Waals surface area contributed by atoms with E-state index in [0.29, 0.717) is 11.5 Å². The van der Waals surface area contributed by atoms with E-state index in [0.717, 1.165) is 6.07 Å². The Morgan fingerprint density at radius 3 is 2.60 bits per heavy atom. The molecule has 1 aliphatic rings. The van der Waals surface area contributed by atoms with Crippen LogP contribution in [0.15, 0.2) is 42.5 Å². The van der Waals surface area contributed by atoms with Crippen LogP contribution in [0.2, 0.25) is 0 Å². The molecule has 1 aliphatic heterocycles. The molecule has 3 nitrogen and oxygen atoms in total. The van der Waals surface area contributed by atoms with Gasteiger partial charge in [0.25, 0.3) is 0 Å². The second-order valence-electron chi connectivity index (χ2n) is 4.61. The summed E-state index contributed by atoms with van der Waals surface area (Å²) in [6.07, 6.45) is -0.523. The summed E-state index contributed by atoms with van der Waals surface area (Å²) in [5.41, 5.74) is 6.22. The summed E-state index contributed by atoms with van der Waals surface area (Å²) in [6.45, 7) is 0.217. The molecule has 0 aromatic heterocycles. The van der Waals surface area contributed by atoms with Gasteiger partial charge in [0.15, 0.2) is 17.6 Å². The highest BCUT2D eigenvalue weighted by Crippen LogP contribution is 2.34. The van der Waals surface area contributed by atoms with Crippen LogP contribution in [0.3, 0.4) is 0 Å². The third kappa shape index (κ3) is 2.32. The van der Waals surface area contributed by atoms with E-state index >= 15 is 0 Å². The number of nitrogens with two attached hydrogens (primary N) is 1. The van der Waals surface area contributed by atoms with Gasteiger partial charge in [0, 0.05) is 11.6 Å². The Morgan fingerprint density at radius 2 is 1.85 bits per heavy atom. The molecule has 0 amide bonds. The van der Waals surface area contributed by atoms with E-state index in [-0.39, 0.29) is 12.2 Å². The van der Waals surface area contributed by atoms with E-state index in [2.05, 4.69) is 0 Å². The van der Waals surface area contributed by atoms with Crippen LogP contribution < -0.4 is 15.2 Å². The predicted molar refractivity (Wildman–Crippen MR) is 69.6 cm³/mol. The van der Waals surface area contributed by atoms with E-state index in [1.165, 1.54) is 12.1 Å². The molecule has 0 bridgehead atoms. The lowest BCUT2D eigenvalue weighted by Gasteiger charge is -2.30. The molecule has 0 saturated carbocycles. The third-order valence-electron chi connectivity index (χ3n) is 3.25. The molecule has 5 heteroatoms. The molecule has 2 atom stereocenters. The van der Waals surface area contributed by atoms with Crippen LogP contribution in [0.4, 0.5) is 8.78 Å². The van der Waals surface area contributed by atoms with E-state index in [1.807, 2.05) is 12.1 Å².